The molecule has 12 heavy (non-hydrogen) atoms. The fraction of sp³-hybridized carbons (Fsp3) is 0.143. The summed E-state index contributed by atoms with van der Waals surface area (Å²) in [6.07, 6.45) is 3.19. The van der Waals surface area contributed by atoms with E-state index >= 15 is 0 Å². The van der Waals surface area contributed by atoms with E-state index < -0.39 is 0 Å². The van der Waals surface area contributed by atoms with E-state index in [1.165, 1.54) is 0 Å². The summed E-state index contributed by atoms with van der Waals surface area (Å²) in [4.78, 5) is 12.4. The Labute approximate surface area is 80.3 Å². The molecule has 0 spiro atoms. The van der Waals surface area contributed by atoms with Crippen LogP contribution in [0.15, 0.2) is 18.5 Å². The van der Waals surface area contributed by atoms with Gasteiger partial charge in [0.15, 0.2) is 5.75 Å². The molecule has 66 valence electrons. The van der Waals surface area contributed by atoms with Gasteiger partial charge < -0.3 is 4.74 Å². The number of carbonyl (C=O) groups excluding carboxylic acids is 1. The number of hydrogen-bond donors (Lipinski definition) is 0. The molecule has 0 saturated carbocycles. The molecule has 0 bridgehead atoms. The highest BCUT2D eigenvalue weighted by Crippen LogP contribution is 2.20. The highest BCUT2D eigenvalue weighted by atomic mass is 35.5. The Balaban J connectivity index is 0.000000354. The molecule has 0 aliphatic heterocycles. The van der Waals surface area contributed by atoms with Crippen molar-refractivity contribution in [2.24, 2.45) is 0 Å². The van der Waals surface area contributed by atoms with Crippen LogP contribution in [-0.2, 0) is 4.79 Å². The van der Waals surface area contributed by atoms with Gasteiger partial charge in [0.1, 0.15) is 0 Å². The normalized spacial score (nSPS) is 7.92. The van der Waals surface area contributed by atoms with Gasteiger partial charge in [-0.2, -0.15) is 0 Å². The molecule has 5 heteroatoms. The molecule has 0 aromatic carbocycles. The second-order valence-corrected chi connectivity index (χ2v) is 2.18. The minimum absolute atomic E-state index is 0.222. The number of methoxy groups -OCH3 is 1. The Morgan fingerprint density at radius 1 is 1.67 bits per heavy atom. The molecule has 0 aliphatic rings. The first-order chi connectivity index (χ1) is 5.76. The smallest absolute Gasteiger partial charge is 0.208 e. The van der Waals surface area contributed by atoms with Crippen LogP contribution in [-0.4, -0.2) is 17.8 Å². The zero-order chi connectivity index (χ0) is 9.40. The molecular formula is C7H7Cl2NO2. The molecule has 0 unspecified atom stereocenters. The quantitative estimate of drug-likeness (QED) is 0.524. The standard InChI is InChI=1S/C6H6ClNO.CHClO/c1-9-6-4-8-3-2-5(6)7;2-1-3/h2-4H,1H3;1H. The average Bonchev–Trinajstić information content (AvgIpc) is 2.07. The predicted molar refractivity (Wildman–Crippen MR) is 48.4 cm³/mol. The lowest BCUT2D eigenvalue weighted by atomic mass is 10.5. The maximum atomic E-state index is 8.57. The van der Waals surface area contributed by atoms with Crippen LogP contribution in [0.4, 0.5) is 0 Å². The van der Waals surface area contributed by atoms with Gasteiger partial charge in [0.05, 0.1) is 18.3 Å². The molecule has 3 nitrogen and oxygen atoms in total. The lowest BCUT2D eigenvalue weighted by Gasteiger charge is -1.97. The van der Waals surface area contributed by atoms with E-state index in [9.17, 15) is 0 Å². The van der Waals surface area contributed by atoms with Crippen molar-refractivity contribution in [1.82, 2.24) is 4.98 Å². The fourth-order valence-electron chi connectivity index (χ4n) is 0.513. The van der Waals surface area contributed by atoms with Crippen LogP contribution in [0.3, 0.4) is 0 Å². The largest absolute Gasteiger partial charge is 0.494 e. The Morgan fingerprint density at radius 3 is 2.58 bits per heavy atom. The Kier molecular flexibility index (Phi) is 6.42. The Morgan fingerprint density at radius 2 is 2.25 bits per heavy atom. The number of hydrogen-bond acceptors (Lipinski definition) is 3. The summed E-state index contributed by atoms with van der Waals surface area (Å²) >= 11 is 9.98. The molecular weight excluding hydrogens is 201 g/mol. The number of rotatable bonds is 1. The highest BCUT2D eigenvalue weighted by Gasteiger charge is 1.94. The SMILES string of the molecule is COc1cnccc1Cl.O=CCl. The maximum Gasteiger partial charge on any atom is 0.208 e. The average molecular weight is 208 g/mol. The summed E-state index contributed by atoms with van der Waals surface area (Å²) in [6, 6.07) is 1.68. The van der Waals surface area contributed by atoms with E-state index in [-0.39, 0.29) is 5.75 Å². The van der Waals surface area contributed by atoms with Gasteiger partial charge in [-0.05, 0) is 17.7 Å². The topological polar surface area (TPSA) is 39.2 Å². The summed E-state index contributed by atoms with van der Waals surface area (Å²) in [5, 5.41) is 0.590. The van der Waals surface area contributed by atoms with Crippen LogP contribution in [0.2, 0.25) is 5.02 Å². The number of nitrogens with zero attached hydrogens (tertiary/aromatic N) is 1. The van der Waals surface area contributed by atoms with Crippen molar-refractivity contribution in [3.63, 3.8) is 0 Å². The number of pyridine rings is 1. The van der Waals surface area contributed by atoms with Crippen molar-refractivity contribution in [3.05, 3.63) is 23.5 Å². The Bertz CT molecular complexity index is 243. The first kappa shape index (κ1) is 11.2. The van der Waals surface area contributed by atoms with Gasteiger partial charge in [0.25, 0.3) is 0 Å². The molecule has 1 aromatic heterocycles. The predicted octanol–water partition coefficient (Wildman–Crippen LogP) is 2.16. The minimum atomic E-state index is 0.222. The Hall–Kier alpha value is -0.800. The van der Waals surface area contributed by atoms with Crippen molar-refractivity contribution in [2.45, 2.75) is 0 Å². The van der Waals surface area contributed by atoms with Crippen molar-refractivity contribution in [1.29, 1.82) is 0 Å². The molecule has 0 radical (unpaired) electrons. The second kappa shape index (κ2) is 6.88. The summed E-state index contributed by atoms with van der Waals surface area (Å²) in [5.41, 5.74) is 0. The van der Waals surface area contributed by atoms with Crippen LogP contribution < -0.4 is 4.74 Å². The van der Waals surface area contributed by atoms with Gasteiger partial charge in [-0.1, -0.05) is 11.6 Å². The van der Waals surface area contributed by atoms with Crippen LogP contribution in [0, 0.1) is 0 Å². The van der Waals surface area contributed by atoms with Crippen molar-refractivity contribution in [3.8, 4) is 5.75 Å². The first-order valence-corrected chi connectivity index (χ1v) is 3.75. The highest BCUT2D eigenvalue weighted by molar-refractivity contribution is 6.54. The summed E-state index contributed by atoms with van der Waals surface area (Å²) in [6.45, 7) is 0. The van der Waals surface area contributed by atoms with E-state index in [2.05, 4.69) is 16.6 Å². The van der Waals surface area contributed by atoms with E-state index in [0.717, 1.165) is 0 Å². The van der Waals surface area contributed by atoms with Gasteiger partial charge in [-0.25, -0.2) is 0 Å². The molecule has 0 amide bonds. The third-order valence-corrected chi connectivity index (χ3v) is 1.27. The van der Waals surface area contributed by atoms with E-state index in [4.69, 9.17) is 21.1 Å². The molecule has 0 fully saturated rings. The maximum absolute atomic E-state index is 8.57. The molecule has 0 saturated heterocycles. The zero-order valence-electron chi connectivity index (χ0n) is 6.33. The molecule has 1 heterocycles. The van der Waals surface area contributed by atoms with E-state index in [1.54, 1.807) is 25.6 Å². The third kappa shape index (κ3) is 4.16. The molecule has 0 atom stereocenters. The summed E-state index contributed by atoms with van der Waals surface area (Å²) in [7, 11) is 1.56. The number of aromatic nitrogens is 1. The van der Waals surface area contributed by atoms with Gasteiger partial charge in [0.2, 0.25) is 5.75 Å². The van der Waals surface area contributed by atoms with Crippen molar-refractivity contribution < 1.29 is 9.53 Å². The van der Waals surface area contributed by atoms with Crippen LogP contribution >= 0.6 is 23.2 Å². The summed E-state index contributed by atoms with van der Waals surface area (Å²) in [5.74, 6) is 0.833. The van der Waals surface area contributed by atoms with Gasteiger partial charge in [-0.15, -0.1) is 0 Å². The van der Waals surface area contributed by atoms with Crippen LogP contribution in [0.1, 0.15) is 0 Å². The van der Waals surface area contributed by atoms with Gasteiger partial charge in [-0.3, -0.25) is 9.78 Å². The fourth-order valence-corrected chi connectivity index (χ4v) is 0.695. The summed E-state index contributed by atoms with van der Waals surface area (Å²) < 4.78 is 4.85. The zero-order valence-corrected chi connectivity index (χ0v) is 7.84. The van der Waals surface area contributed by atoms with E-state index in [1.807, 2.05) is 0 Å². The molecule has 0 aliphatic carbocycles. The minimum Gasteiger partial charge on any atom is -0.494 e. The van der Waals surface area contributed by atoms with Crippen molar-refractivity contribution >= 4 is 28.9 Å². The molecule has 1 aromatic rings. The monoisotopic (exact) mass is 207 g/mol. The lowest BCUT2D eigenvalue weighted by Crippen LogP contribution is -1.83. The van der Waals surface area contributed by atoms with Gasteiger partial charge >= 0.3 is 0 Å². The van der Waals surface area contributed by atoms with Crippen LogP contribution in [0.25, 0.3) is 0 Å². The molecule has 0 N–H and O–H groups in total. The molecule has 1 rings (SSSR count). The van der Waals surface area contributed by atoms with Crippen LogP contribution in [0.5, 0.6) is 5.75 Å². The van der Waals surface area contributed by atoms with Crippen molar-refractivity contribution in [2.75, 3.05) is 7.11 Å². The lowest BCUT2D eigenvalue weighted by molar-refractivity contribution is 0.413. The number of halogens is 2. The van der Waals surface area contributed by atoms with Gasteiger partial charge in [0, 0.05) is 6.20 Å². The third-order valence-electron chi connectivity index (χ3n) is 0.954. The second-order valence-electron chi connectivity index (χ2n) is 1.60. The van der Waals surface area contributed by atoms with E-state index in [0.29, 0.717) is 10.8 Å². The first-order valence-electron chi connectivity index (χ1n) is 2.93. The number of ether oxygens (including phenoxy) is 1. The number of carbonyl (C=O) groups is 1.